The third-order valence-electron chi connectivity index (χ3n) is 6.02. The van der Waals surface area contributed by atoms with Gasteiger partial charge in [0, 0.05) is 45.3 Å². The lowest BCUT2D eigenvalue weighted by atomic mass is 10.1. The molecule has 170 valence electrons. The number of aromatic nitrogens is 4. The molecular weight excluding hydrogens is 406 g/mol. The van der Waals surface area contributed by atoms with Crippen molar-refractivity contribution < 1.29 is 9.47 Å². The van der Waals surface area contributed by atoms with E-state index in [0.29, 0.717) is 6.79 Å². The van der Waals surface area contributed by atoms with Crippen molar-refractivity contribution in [2.75, 3.05) is 49.7 Å². The van der Waals surface area contributed by atoms with Crippen LogP contribution in [0.3, 0.4) is 0 Å². The Morgan fingerprint density at radius 2 is 1.88 bits per heavy atom. The quantitative estimate of drug-likeness (QED) is 0.603. The first-order valence-corrected chi connectivity index (χ1v) is 11.5. The molecule has 32 heavy (non-hydrogen) atoms. The number of rotatable bonds is 7. The molecule has 0 aliphatic carbocycles. The van der Waals surface area contributed by atoms with Crippen LogP contribution < -0.4 is 19.7 Å². The van der Waals surface area contributed by atoms with E-state index in [1.165, 1.54) is 5.56 Å². The molecule has 1 fully saturated rings. The second-order valence-electron chi connectivity index (χ2n) is 8.65. The summed E-state index contributed by atoms with van der Waals surface area (Å²) < 4.78 is 13.2. The van der Waals surface area contributed by atoms with Gasteiger partial charge in [-0.1, -0.05) is 13.0 Å². The Hall–Kier alpha value is -3.07. The fourth-order valence-electron chi connectivity index (χ4n) is 4.37. The van der Waals surface area contributed by atoms with Gasteiger partial charge in [0.1, 0.15) is 6.33 Å². The number of hydrogen-bond acceptors (Lipinski definition) is 8. The third-order valence-corrected chi connectivity index (χ3v) is 6.02. The van der Waals surface area contributed by atoms with Crippen molar-refractivity contribution in [2.24, 2.45) is 0 Å². The van der Waals surface area contributed by atoms with E-state index < -0.39 is 0 Å². The highest BCUT2D eigenvalue weighted by Crippen LogP contribution is 2.33. The largest absolute Gasteiger partial charge is 0.454 e. The van der Waals surface area contributed by atoms with Crippen LogP contribution in [0.25, 0.3) is 11.2 Å². The van der Waals surface area contributed by atoms with Crippen LogP contribution in [-0.2, 0) is 6.54 Å². The lowest BCUT2D eigenvalue weighted by Crippen LogP contribution is -2.47. The molecule has 0 radical (unpaired) electrons. The maximum atomic E-state index is 5.53. The predicted octanol–water partition coefficient (Wildman–Crippen LogP) is 3.28. The molecule has 2 aliphatic heterocycles. The Morgan fingerprint density at radius 3 is 2.66 bits per heavy atom. The van der Waals surface area contributed by atoms with Crippen LogP contribution in [0.2, 0.25) is 0 Å². The summed E-state index contributed by atoms with van der Waals surface area (Å²) in [7, 11) is 0. The van der Waals surface area contributed by atoms with Gasteiger partial charge < -0.3 is 19.7 Å². The van der Waals surface area contributed by atoms with Crippen molar-refractivity contribution in [3.63, 3.8) is 0 Å². The second kappa shape index (κ2) is 8.82. The summed E-state index contributed by atoms with van der Waals surface area (Å²) in [5.41, 5.74) is 3.00. The van der Waals surface area contributed by atoms with Gasteiger partial charge in [-0.05, 0) is 38.0 Å². The summed E-state index contributed by atoms with van der Waals surface area (Å²) in [4.78, 5) is 18.9. The van der Waals surface area contributed by atoms with E-state index in [0.717, 1.165) is 80.1 Å². The van der Waals surface area contributed by atoms with E-state index in [4.69, 9.17) is 14.5 Å². The first kappa shape index (κ1) is 20.8. The summed E-state index contributed by atoms with van der Waals surface area (Å²) in [6.07, 6.45) is 2.67. The third kappa shape index (κ3) is 3.92. The summed E-state index contributed by atoms with van der Waals surface area (Å²) in [5.74, 6) is 3.49. The zero-order valence-corrected chi connectivity index (χ0v) is 19.0. The number of nitrogens with zero attached hydrogens (tertiary/aromatic N) is 6. The van der Waals surface area contributed by atoms with Gasteiger partial charge in [-0.25, -0.2) is 15.0 Å². The minimum Gasteiger partial charge on any atom is -0.454 e. The molecule has 3 aromatic rings. The Morgan fingerprint density at radius 1 is 1.06 bits per heavy atom. The number of ether oxygens (including phenoxy) is 2. The minimum atomic E-state index is 0.260. The molecule has 1 N–H and O–H groups in total. The molecule has 0 atom stereocenters. The Balaban J connectivity index is 1.32. The molecule has 2 aromatic heterocycles. The zero-order chi connectivity index (χ0) is 22.1. The van der Waals surface area contributed by atoms with E-state index in [9.17, 15) is 0 Å². The van der Waals surface area contributed by atoms with Gasteiger partial charge in [0.2, 0.25) is 12.7 Å². The van der Waals surface area contributed by atoms with E-state index in [1.54, 1.807) is 6.33 Å². The molecule has 5 rings (SSSR count). The number of nitrogens with one attached hydrogen (secondary N) is 1. The molecule has 0 saturated carbocycles. The number of imidazole rings is 1. The Kier molecular flexibility index (Phi) is 5.73. The highest BCUT2D eigenvalue weighted by molar-refractivity contribution is 5.85. The smallest absolute Gasteiger partial charge is 0.231 e. The molecule has 9 nitrogen and oxygen atoms in total. The first-order chi connectivity index (χ1) is 15.6. The topological polar surface area (TPSA) is 80.6 Å². The van der Waals surface area contributed by atoms with Crippen molar-refractivity contribution in [3.05, 3.63) is 30.1 Å². The molecule has 1 aromatic carbocycles. The van der Waals surface area contributed by atoms with Crippen LogP contribution in [0.1, 0.15) is 38.8 Å². The normalized spacial score (nSPS) is 16.3. The molecule has 0 bridgehead atoms. The summed E-state index contributed by atoms with van der Waals surface area (Å²) in [5, 5.41) is 3.40. The fraction of sp³-hybridized carbons (Fsp3) is 0.522. The lowest BCUT2D eigenvalue weighted by molar-refractivity contribution is 0.174. The second-order valence-corrected chi connectivity index (χ2v) is 8.65. The van der Waals surface area contributed by atoms with Crippen molar-refractivity contribution in [1.29, 1.82) is 0 Å². The molecule has 0 amide bonds. The van der Waals surface area contributed by atoms with E-state index in [1.807, 2.05) is 6.07 Å². The van der Waals surface area contributed by atoms with Crippen LogP contribution in [0.15, 0.2) is 24.5 Å². The lowest BCUT2D eigenvalue weighted by Gasteiger charge is -2.35. The molecule has 9 heteroatoms. The number of anilines is 2. The minimum absolute atomic E-state index is 0.260. The highest BCUT2D eigenvalue weighted by Gasteiger charge is 2.25. The van der Waals surface area contributed by atoms with Gasteiger partial charge in [-0.15, -0.1) is 0 Å². The van der Waals surface area contributed by atoms with Gasteiger partial charge in [-0.2, -0.15) is 0 Å². The maximum Gasteiger partial charge on any atom is 0.231 e. The number of benzene rings is 1. The Labute approximate surface area is 188 Å². The van der Waals surface area contributed by atoms with Gasteiger partial charge in [0.15, 0.2) is 28.5 Å². The van der Waals surface area contributed by atoms with Crippen molar-refractivity contribution in [3.8, 4) is 11.5 Å². The van der Waals surface area contributed by atoms with Crippen LogP contribution in [0.4, 0.5) is 11.8 Å². The van der Waals surface area contributed by atoms with Gasteiger partial charge in [0.25, 0.3) is 0 Å². The summed E-state index contributed by atoms with van der Waals surface area (Å²) >= 11 is 0. The molecule has 4 heterocycles. The zero-order valence-electron chi connectivity index (χ0n) is 19.0. The maximum absolute atomic E-state index is 5.53. The van der Waals surface area contributed by atoms with E-state index >= 15 is 0 Å². The van der Waals surface area contributed by atoms with E-state index in [-0.39, 0.29) is 6.04 Å². The van der Waals surface area contributed by atoms with Crippen LogP contribution in [0, 0.1) is 0 Å². The number of hydrogen-bond donors (Lipinski definition) is 1. The number of fused-ring (bicyclic) bond motifs is 2. The molecule has 2 aliphatic rings. The van der Waals surface area contributed by atoms with Crippen LogP contribution >= 0.6 is 0 Å². The van der Waals surface area contributed by atoms with Gasteiger partial charge in [0.05, 0.1) is 0 Å². The highest BCUT2D eigenvalue weighted by atomic mass is 16.7. The summed E-state index contributed by atoms with van der Waals surface area (Å²) in [6, 6.07) is 6.48. The first-order valence-electron chi connectivity index (χ1n) is 11.5. The summed E-state index contributed by atoms with van der Waals surface area (Å²) in [6.45, 7) is 12.4. The predicted molar refractivity (Wildman–Crippen MR) is 125 cm³/mol. The average molecular weight is 438 g/mol. The molecule has 0 spiro atoms. The molecular formula is C23H31N7O2. The Bertz CT molecular complexity index is 1090. The van der Waals surface area contributed by atoms with Crippen molar-refractivity contribution in [1.82, 2.24) is 24.4 Å². The number of piperazine rings is 1. The van der Waals surface area contributed by atoms with Crippen LogP contribution in [0.5, 0.6) is 11.5 Å². The van der Waals surface area contributed by atoms with Crippen molar-refractivity contribution in [2.45, 2.75) is 39.8 Å². The average Bonchev–Trinajstić information content (AvgIpc) is 3.42. The monoisotopic (exact) mass is 437 g/mol. The van der Waals surface area contributed by atoms with E-state index in [2.05, 4.69) is 62.6 Å². The van der Waals surface area contributed by atoms with Crippen LogP contribution in [-0.4, -0.2) is 63.9 Å². The van der Waals surface area contributed by atoms with Gasteiger partial charge >= 0.3 is 0 Å². The standard InChI is InChI=1S/C23H31N7O2/c1-4-7-24-21-20-22(26-14-25-21)30(16(2)3)23(27-20)29-10-8-28(9-11-29)13-17-5-6-18-19(12-17)32-15-31-18/h5-6,12,14,16H,4,7-11,13,15H2,1-3H3,(H,24,25,26). The molecule has 1 saturated heterocycles. The van der Waals surface area contributed by atoms with Gasteiger partial charge in [-0.3, -0.25) is 9.47 Å². The molecule has 0 unspecified atom stereocenters. The SMILES string of the molecule is CCCNc1ncnc2c1nc(N1CCN(Cc3ccc4c(c3)OCO4)CC1)n2C(C)C. The van der Waals surface area contributed by atoms with Crippen molar-refractivity contribution >= 4 is 22.9 Å². The fourth-order valence-corrected chi connectivity index (χ4v) is 4.37.